The van der Waals surface area contributed by atoms with Crippen LogP contribution in [-0.2, 0) is 9.59 Å². The van der Waals surface area contributed by atoms with Crippen LogP contribution in [0.15, 0.2) is 0 Å². The summed E-state index contributed by atoms with van der Waals surface area (Å²) in [6.07, 6.45) is 0. The van der Waals surface area contributed by atoms with E-state index in [1.807, 2.05) is 20.8 Å². The van der Waals surface area contributed by atoms with E-state index in [0.29, 0.717) is 13.2 Å². The normalized spacial score (nSPS) is 17.4. The molecule has 2 amide bonds. The molecule has 13 heavy (non-hydrogen) atoms. The second-order valence-corrected chi connectivity index (χ2v) is 3.58. The van der Waals surface area contributed by atoms with E-state index in [1.54, 1.807) is 9.80 Å². The van der Waals surface area contributed by atoms with Gasteiger partial charge in [0.2, 0.25) is 11.8 Å². The summed E-state index contributed by atoms with van der Waals surface area (Å²) in [5.41, 5.74) is 0. The highest BCUT2D eigenvalue weighted by molar-refractivity contribution is 5.88. The van der Waals surface area contributed by atoms with Crippen molar-refractivity contribution in [1.29, 1.82) is 0 Å². The number of nitrogens with zero attached hydrogens (tertiary/aromatic N) is 2. The molecule has 1 saturated heterocycles. The van der Waals surface area contributed by atoms with Crippen molar-refractivity contribution in [3.8, 4) is 0 Å². The number of rotatable bonds is 2. The maximum absolute atomic E-state index is 11.5. The second kappa shape index (κ2) is 3.77. The van der Waals surface area contributed by atoms with Crippen molar-refractivity contribution in [2.75, 3.05) is 19.8 Å². The molecule has 0 unspecified atom stereocenters. The Hall–Kier alpha value is -1.06. The molecule has 0 bridgehead atoms. The zero-order valence-electron chi connectivity index (χ0n) is 8.41. The van der Waals surface area contributed by atoms with Gasteiger partial charge in [-0.15, -0.1) is 0 Å². The lowest BCUT2D eigenvalue weighted by Gasteiger charge is -2.18. The molecule has 4 nitrogen and oxygen atoms in total. The van der Waals surface area contributed by atoms with Crippen LogP contribution in [0, 0.1) is 5.92 Å². The van der Waals surface area contributed by atoms with E-state index in [0.717, 1.165) is 0 Å². The van der Waals surface area contributed by atoms with Crippen LogP contribution in [0.5, 0.6) is 0 Å². The van der Waals surface area contributed by atoms with Gasteiger partial charge in [-0.05, 0) is 6.92 Å². The number of hydrogen-bond acceptors (Lipinski definition) is 2. The van der Waals surface area contributed by atoms with Gasteiger partial charge in [0, 0.05) is 12.5 Å². The van der Waals surface area contributed by atoms with E-state index in [1.165, 1.54) is 0 Å². The minimum atomic E-state index is -0.0235. The van der Waals surface area contributed by atoms with Gasteiger partial charge in [-0.3, -0.25) is 9.59 Å². The van der Waals surface area contributed by atoms with Crippen LogP contribution in [0.4, 0.5) is 0 Å². The Morgan fingerprint density at radius 3 is 2.54 bits per heavy atom. The Morgan fingerprint density at radius 1 is 1.54 bits per heavy atom. The van der Waals surface area contributed by atoms with Crippen LogP contribution in [0.25, 0.3) is 0 Å². The molecule has 4 heteroatoms. The molecule has 0 radical (unpaired) electrons. The Morgan fingerprint density at radius 2 is 2.15 bits per heavy atom. The van der Waals surface area contributed by atoms with Crippen LogP contribution in [0.1, 0.15) is 20.8 Å². The number of likely N-dealkylation sites (N-methyl/N-ethyl adjacent to an activating group) is 1. The first kappa shape index (κ1) is 10.0. The predicted molar refractivity (Wildman–Crippen MR) is 48.8 cm³/mol. The molecule has 0 aliphatic carbocycles. The first-order valence-corrected chi connectivity index (χ1v) is 4.62. The third-order valence-corrected chi connectivity index (χ3v) is 2.21. The average Bonchev–Trinajstić information content (AvgIpc) is 2.45. The molecule has 0 spiro atoms. The highest BCUT2D eigenvalue weighted by Gasteiger charge is 2.30. The Balaban J connectivity index is 2.58. The molecule has 0 N–H and O–H groups in total. The number of amides is 2. The Labute approximate surface area is 78.5 Å². The summed E-state index contributed by atoms with van der Waals surface area (Å²) in [5, 5.41) is 0. The molecule has 1 rings (SSSR count). The highest BCUT2D eigenvalue weighted by Crippen LogP contribution is 2.09. The lowest BCUT2D eigenvalue weighted by molar-refractivity contribution is -0.134. The topological polar surface area (TPSA) is 40.6 Å². The molecular weight excluding hydrogens is 168 g/mol. The summed E-state index contributed by atoms with van der Waals surface area (Å²) >= 11 is 0. The summed E-state index contributed by atoms with van der Waals surface area (Å²) in [4.78, 5) is 26.1. The maximum atomic E-state index is 11.5. The standard InChI is InChI=1S/C9H16N2O2/c1-4-10-6-11(5-8(10)12)9(13)7(2)3/h7H,4-6H2,1-3H3. The van der Waals surface area contributed by atoms with Gasteiger partial charge in [-0.25, -0.2) is 0 Å². The van der Waals surface area contributed by atoms with Gasteiger partial charge in [-0.1, -0.05) is 13.8 Å². The van der Waals surface area contributed by atoms with Crippen molar-refractivity contribution in [3.63, 3.8) is 0 Å². The highest BCUT2D eigenvalue weighted by atomic mass is 16.2. The monoisotopic (exact) mass is 184 g/mol. The van der Waals surface area contributed by atoms with E-state index in [2.05, 4.69) is 0 Å². The first-order chi connectivity index (χ1) is 6.06. The molecule has 1 heterocycles. The summed E-state index contributed by atoms with van der Waals surface area (Å²) in [7, 11) is 0. The van der Waals surface area contributed by atoms with Crippen molar-refractivity contribution < 1.29 is 9.59 Å². The molecule has 0 saturated carbocycles. The largest absolute Gasteiger partial charge is 0.324 e. The van der Waals surface area contributed by atoms with Crippen LogP contribution in [0.3, 0.4) is 0 Å². The van der Waals surface area contributed by atoms with Crippen LogP contribution >= 0.6 is 0 Å². The van der Waals surface area contributed by atoms with Gasteiger partial charge in [-0.2, -0.15) is 0 Å². The zero-order valence-corrected chi connectivity index (χ0v) is 8.41. The predicted octanol–water partition coefficient (Wildman–Crippen LogP) is 0.291. The Bertz CT molecular complexity index is 226. The van der Waals surface area contributed by atoms with Crippen LogP contribution in [0.2, 0.25) is 0 Å². The minimum absolute atomic E-state index is 0.0235. The third-order valence-electron chi connectivity index (χ3n) is 2.21. The fourth-order valence-corrected chi connectivity index (χ4v) is 1.39. The Kier molecular flexibility index (Phi) is 2.90. The quantitative estimate of drug-likeness (QED) is 0.619. The molecule has 1 aliphatic rings. The maximum Gasteiger partial charge on any atom is 0.243 e. The summed E-state index contributed by atoms with van der Waals surface area (Å²) in [6, 6.07) is 0. The van der Waals surface area contributed by atoms with E-state index < -0.39 is 0 Å². The van der Waals surface area contributed by atoms with Crippen molar-refractivity contribution in [3.05, 3.63) is 0 Å². The number of hydrogen-bond donors (Lipinski definition) is 0. The van der Waals surface area contributed by atoms with Gasteiger partial charge >= 0.3 is 0 Å². The van der Waals surface area contributed by atoms with Crippen molar-refractivity contribution in [2.45, 2.75) is 20.8 Å². The molecule has 0 aromatic carbocycles. The van der Waals surface area contributed by atoms with Crippen molar-refractivity contribution in [1.82, 2.24) is 9.80 Å². The average molecular weight is 184 g/mol. The number of carbonyl (C=O) groups is 2. The van der Waals surface area contributed by atoms with Gasteiger partial charge in [0.15, 0.2) is 0 Å². The SMILES string of the molecule is CCN1CN(C(=O)C(C)C)CC1=O. The van der Waals surface area contributed by atoms with Gasteiger partial charge in [0.05, 0.1) is 6.67 Å². The lowest BCUT2D eigenvalue weighted by atomic mass is 10.2. The van der Waals surface area contributed by atoms with E-state index in [9.17, 15) is 9.59 Å². The second-order valence-electron chi connectivity index (χ2n) is 3.58. The molecular formula is C9H16N2O2. The van der Waals surface area contributed by atoms with E-state index in [4.69, 9.17) is 0 Å². The molecule has 0 aromatic heterocycles. The van der Waals surface area contributed by atoms with Gasteiger partial charge in [0.25, 0.3) is 0 Å². The first-order valence-electron chi connectivity index (χ1n) is 4.62. The number of carbonyl (C=O) groups excluding carboxylic acids is 2. The molecule has 1 aliphatic heterocycles. The molecule has 1 fully saturated rings. The fourth-order valence-electron chi connectivity index (χ4n) is 1.39. The fraction of sp³-hybridized carbons (Fsp3) is 0.778. The smallest absolute Gasteiger partial charge is 0.243 e. The van der Waals surface area contributed by atoms with Crippen molar-refractivity contribution >= 4 is 11.8 Å². The van der Waals surface area contributed by atoms with E-state index >= 15 is 0 Å². The van der Waals surface area contributed by atoms with Crippen LogP contribution in [-0.4, -0.2) is 41.4 Å². The summed E-state index contributed by atoms with van der Waals surface area (Å²) < 4.78 is 0. The van der Waals surface area contributed by atoms with Gasteiger partial charge in [0.1, 0.15) is 6.54 Å². The zero-order chi connectivity index (χ0) is 10.0. The van der Waals surface area contributed by atoms with Crippen LogP contribution < -0.4 is 0 Å². The van der Waals surface area contributed by atoms with Crippen molar-refractivity contribution in [2.24, 2.45) is 5.92 Å². The lowest BCUT2D eigenvalue weighted by Crippen LogP contribution is -2.33. The van der Waals surface area contributed by atoms with Gasteiger partial charge < -0.3 is 9.80 Å². The molecule has 74 valence electrons. The van der Waals surface area contributed by atoms with E-state index in [-0.39, 0.29) is 24.3 Å². The summed E-state index contributed by atoms with van der Waals surface area (Å²) in [6.45, 7) is 7.02. The molecule has 0 atom stereocenters. The minimum Gasteiger partial charge on any atom is -0.324 e. The third kappa shape index (κ3) is 1.99. The summed E-state index contributed by atoms with van der Waals surface area (Å²) in [5.74, 6) is 0.0883. The molecule has 0 aromatic rings.